The number of Topliss-reactive ketones (excluding diaryl/α,β-unsaturated/α-hetero) is 1. The highest BCUT2D eigenvalue weighted by atomic mass is 79.9. The average Bonchev–Trinajstić information content (AvgIpc) is 2.51. The molecule has 0 atom stereocenters. The lowest BCUT2D eigenvalue weighted by atomic mass is 10.1. The molecule has 0 unspecified atom stereocenters. The Balaban J connectivity index is 1.87. The van der Waals surface area contributed by atoms with Crippen LogP contribution in [0.5, 0.6) is 0 Å². The Labute approximate surface area is 135 Å². The van der Waals surface area contributed by atoms with Gasteiger partial charge in [-0.25, -0.2) is 9.18 Å². The van der Waals surface area contributed by atoms with Gasteiger partial charge < -0.3 is 4.74 Å². The molecule has 0 saturated heterocycles. The molecule has 0 spiro atoms. The highest BCUT2D eigenvalue weighted by Crippen LogP contribution is 2.11. The molecular weight excluding hydrogens is 351 g/mol. The summed E-state index contributed by atoms with van der Waals surface area (Å²) in [6, 6.07) is 12.5. The minimum Gasteiger partial charge on any atom is -0.454 e. The number of ether oxygens (including phenoxy) is 1. The van der Waals surface area contributed by atoms with Crippen molar-refractivity contribution in [3.8, 4) is 0 Å². The van der Waals surface area contributed by atoms with Crippen molar-refractivity contribution in [1.82, 2.24) is 0 Å². The molecule has 0 saturated carbocycles. The lowest BCUT2D eigenvalue weighted by molar-refractivity contribution is -0.136. The Bertz CT molecular complexity index is 708. The van der Waals surface area contributed by atoms with Gasteiger partial charge in [-0.05, 0) is 35.9 Å². The maximum absolute atomic E-state index is 13.0. The highest BCUT2D eigenvalue weighted by molar-refractivity contribution is 9.10. The standard InChI is InChI=1S/C17H12BrFO3/c18-14-7-5-13(6-8-14)16(20)11-22-17(21)9-4-12-2-1-3-15(19)10-12/h1-10H,11H2/b9-4+. The molecule has 0 aliphatic rings. The Kier molecular flexibility index (Phi) is 5.61. The Morgan fingerprint density at radius 2 is 1.86 bits per heavy atom. The summed E-state index contributed by atoms with van der Waals surface area (Å²) in [5.41, 5.74) is 1.00. The van der Waals surface area contributed by atoms with Crippen molar-refractivity contribution in [2.45, 2.75) is 0 Å². The fourth-order valence-electron chi connectivity index (χ4n) is 1.68. The van der Waals surface area contributed by atoms with Crippen LogP contribution in [-0.4, -0.2) is 18.4 Å². The van der Waals surface area contributed by atoms with Crippen LogP contribution in [0.2, 0.25) is 0 Å². The zero-order chi connectivity index (χ0) is 15.9. The maximum Gasteiger partial charge on any atom is 0.331 e. The molecule has 0 fully saturated rings. The summed E-state index contributed by atoms with van der Waals surface area (Å²) in [6.07, 6.45) is 2.58. The average molecular weight is 363 g/mol. The van der Waals surface area contributed by atoms with E-state index in [-0.39, 0.29) is 18.2 Å². The summed E-state index contributed by atoms with van der Waals surface area (Å²) in [7, 11) is 0. The molecule has 5 heteroatoms. The Hall–Kier alpha value is -2.27. The SMILES string of the molecule is O=C(/C=C/c1cccc(F)c1)OCC(=O)c1ccc(Br)cc1. The predicted octanol–water partition coefficient (Wildman–Crippen LogP) is 4.03. The first kappa shape index (κ1) is 16.1. The van der Waals surface area contributed by atoms with Gasteiger partial charge in [0.05, 0.1) is 0 Å². The van der Waals surface area contributed by atoms with Crippen LogP contribution in [0.1, 0.15) is 15.9 Å². The summed E-state index contributed by atoms with van der Waals surface area (Å²) in [4.78, 5) is 23.3. The van der Waals surface area contributed by atoms with E-state index in [0.29, 0.717) is 11.1 Å². The minimum atomic E-state index is -0.658. The molecule has 0 amide bonds. The van der Waals surface area contributed by atoms with Gasteiger partial charge in [0.2, 0.25) is 0 Å². The van der Waals surface area contributed by atoms with Crippen molar-refractivity contribution in [3.63, 3.8) is 0 Å². The summed E-state index contributed by atoms with van der Waals surface area (Å²) >= 11 is 3.27. The first-order valence-corrected chi connectivity index (χ1v) is 7.23. The van der Waals surface area contributed by atoms with E-state index >= 15 is 0 Å². The second kappa shape index (κ2) is 7.66. The van der Waals surface area contributed by atoms with E-state index in [1.165, 1.54) is 24.3 Å². The van der Waals surface area contributed by atoms with Crippen LogP contribution in [0.3, 0.4) is 0 Å². The van der Waals surface area contributed by atoms with Crippen LogP contribution >= 0.6 is 15.9 Å². The van der Waals surface area contributed by atoms with E-state index in [9.17, 15) is 14.0 Å². The van der Waals surface area contributed by atoms with Gasteiger partial charge in [0, 0.05) is 16.1 Å². The Morgan fingerprint density at radius 3 is 2.55 bits per heavy atom. The molecule has 0 heterocycles. The van der Waals surface area contributed by atoms with Gasteiger partial charge in [0.25, 0.3) is 0 Å². The highest BCUT2D eigenvalue weighted by Gasteiger charge is 2.08. The lowest BCUT2D eigenvalue weighted by Gasteiger charge is -2.02. The Morgan fingerprint density at radius 1 is 1.14 bits per heavy atom. The molecule has 112 valence electrons. The second-order valence-electron chi connectivity index (χ2n) is 4.43. The predicted molar refractivity (Wildman–Crippen MR) is 84.9 cm³/mol. The zero-order valence-electron chi connectivity index (χ0n) is 11.5. The van der Waals surface area contributed by atoms with Gasteiger partial charge in [0.15, 0.2) is 12.4 Å². The van der Waals surface area contributed by atoms with E-state index in [1.807, 2.05) is 0 Å². The van der Waals surface area contributed by atoms with Gasteiger partial charge in [-0.3, -0.25) is 4.79 Å². The first-order chi connectivity index (χ1) is 10.5. The number of halogens is 2. The van der Waals surface area contributed by atoms with Gasteiger partial charge in [-0.1, -0.05) is 40.2 Å². The lowest BCUT2D eigenvalue weighted by Crippen LogP contribution is -2.12. The first-order valence-electron chi connectivity index (χ1n) is 6.44. The van der Waals surface area contributed by atoms with Crippen molar-refractivity contribution in [2.75, 3.05) is 6.61 Å². The maximum atomic E-state index is 13.0. The monoisotopic (exact) mass is 362 g/mol. The number of hydrogen-bond acceptors (Lipinski definition) is 3. The number of esters is 1. The largest absolute Gasteiger partial charge is 0.454 e. The van der Waals surface area contributed by atoms with Crippen molar-refractivity contribution in [3.05, 3.63) is 76.0 Å². The van der Waals surface area contributed by atoms with Gasteiger partial charge >= 0.3 is 5.97 Å². The summed E-state index contributed by atoms with van der Waals surface area (Å²) in [6.45, 7) is -0.339. The fourth-order valence-corrected chi connectivity index (χ4v) is 1.94. The smallest absolute Gasteiger partial charge is 0.331 e. The quantitative estimate of drug-likeness (QED) is 0.458. The minimum absolute atomic E-state index is 0.292. The van der Waals surface area contributed by atoms with E-state index < -0.39 is 5.97 Å². The van der Waals surface area contributed by atoms with Gasteiger partial charge in [-0.2, -0.15) is 0 Å². The third-order valence-corrected chi connectivity index (χ3v) is 3.30. The van der Waals surface area contributed by atoms with Crippen LogP contribution in [0.25, 0.3) is 6.08 Å². The molecule has 0 aliphatic carbocycles. The summed E-state index contributed by atoms with van der Waals surface area (Å²) < 4.78 is 18.7. The molecular formula is C17H12BrFO3. The van der Waals surface area contributed by atoms with Crippen LogP contribution in [-0.2, 0) is 9.53 Å². The molecule has 3 nitrogen and oxygen atoms in total. The molecule has 0 N–H and O–H groups in total. The zero-order valence-corrected chi connectivity index (χ0v) is 13.0. The molecule has 0 aliphatic heterocycles. The van der Waals surface area contributed by atoms with E-state index in [2.05, 4.69) is 15.9 Å². The van der Waals surface area contributed by atoms with Crippen molar-refractivity contribution < 1.29 is 18.7 Å². The third-order valence-electron chi connectivity index (χ3n) is 2.77. The fraction of sp³-hybridized carbons (Fsp3) is 0.0588. The number of carbonyl (C=O) groups excluding carboxylic acids is 2. The number of ketones is 1. The normalized spacial score (nSPS) is 10.6. The third kappa shape index (κ3) is 4.93. The topological polar surface area (TPSA) is 43.4 Å². The molecule has 2 aromatic carbocycles. The number of hydrogen-bond donors (Lipinski definition) is 0. The van der Waals surface area contributed by atoms with E-state index in [1.54, 1.807) is 30.3 Å². The van der Waals surface area contributed by atoms with Gasteiger partial charge in [-0.15, -0.1) is 0 Å². The van der Waals surface area contributed by atoms with Gasteiger partial charge in [0.1, 0.15) is 5.82 Å². The molecule has 2 rings (SSSR count). The van der Waals surface area contributed by atoms with Crippen LogP contribution in [0, 0.1) is 5.82 Å². The van der Waals surface area contributed by atoms with Crippen LogP contribution in [0.4, 0.5) is 4.39 Å². The number of benzene rings is 2. The summed E-state index contributed by atoms with van der Waals surface area (Å²) in [5.74, 6) is -1.34. The molecule has 2 aromatic rings. The number of carbonyl (C=O) groups is 2. The molecule has 0 aromatic heterocycles. The van der Waals surface area contributed by atoms with Crippen molar-refractivity contribution >= 4 is 33.8 Å². The molecule has 22 heavy (non-hydrogen) atoms. The second-order valence-corrected chi connectivity index (χ2v) is 5.34. The molecule has 0 radical (unpaired) electrons. The van der Waals surface area contributed by atoms with E-state index in [4.69, 9.17) is 4.74 Å². The van der Waals surface area contributed by atoms with Crippen molar-refractivity contribution in [2.24, 2.45) is 0 Å². The summed E-state index contributed by atoms with van der Waals surface area (Å²) in [5, 5.41) is 0. The van der Waals surface area contributed by atoms with Crippen LogP contribution in [0.15, 0.2) is 59.1 Å². The van der Waals surface area contributed by atoms with Crippen molar-refractivity contribution in [1.29, 1.82) is 0 Å². The number of rotatable bonds is 5. The van der Waals surface area contributed by atoms with E-state index in [0.717, 1.165) is 10.5 Å². The van der Waals surface area contributed by atoms with Crippen LogP contribution < -0.4 is 0 Å². The molecule has 0 bridgehead atoms.